The standard InChI is InChI=1S/C11H14ClNO3/c12-9-8(3-6-16-9)10(15)13-11(7-14)4-1-2-5-11/h3,6,14H,1-2,4-5,7H2,(H,13,15). The second kappa shape index (κ2) is 4.47. The maximum atomic E-state index is 11.9. The van der Waals surface area contributed by atoms with Crippen molar-refractivity contribution in [3.8, 4) is 0 Å². The lowest BCUT2D eigenvalue weighted by Gasteiger charge is -2.27. The molecule has 1 aromatic heterocycles. The number of hydrogen-bond donors (Lipinski definition) is 2. The van der Waals surface area contributed by atoms with Gasteiger partial charge in [-0.25, -0.2) is 0 Å². The third kappa shape index (κ3) is 2.08. The fourth-order valence-corrected chi connectivity index (χ4v) is 2.34. The van der Waals surface area contributed by atoms with Crippen molar-refractivity contribution in [2.24, 2.45) is 0 Å². The van der Waals surface area contributed by atoms with E-state index in [0.29, 0.717) is 5.56 Å². The number of aliphatic hydroxyl groups is 1. The Bertz CT molecular complexity index is 382. The summed E-state index contributed by atoms with van der Waals surface area (Å²) in [5.74, 6) is -0.283. The summed E-state index contributed by atoms with van der Waals surface area (Å²) in [7, 11) is 0. The van der Waals surface area contributed by atoms with Crippen molar-refractivity contribution in [3.63, 3.8) is 0 Å². The molecule has 1 fully saturated rings. The molecule has 0 spiro atoms. The molecule has 5 heteroatoms. The minimum Gasteiger partial charge on any atom is -0.452 e. The predicted octanol–water partition coefficient (Wildman–Crippen LogP) is 1.97. The highest BCUT2D eigenvalue weighted by Gasteiger charge is 2.35. The number of carbonyl (C=O) groups is 1. The van der Waals surface area contributed by atoms with E-state index in [-0.39, 0.29) is 17.7 Å². The van der Waals surface area contributed by atoms with Gasteiger partial charge in [0.1, 0.15) is 0 Å². The van der Waals surface area contributed by atoms with E-state index in [4.69, 9.17) is 16.0 Å². The molecule has 4 nitrogen and oxygen atoms in total. The lowest BCUT2D eigenvalue weighted by molar-refractivity contribution is 0.0838. The Morgan fingerprint density at radius 3 is 2.75 bits per heavy atom. The third-order valence-corrected chi connectivity index (χ3v) is 3.40. The first kappa shape index (κ1) is 11.5. The average Bonchev–Trinajstić information content (AvgIpc) is 2.87. The first-order valence-electron chi connectivity index (χ1n) is 5.33. The predicted molar refractivity (Wildman–Crippen MR) is 59.5 cm³/mol. The van der Waals surface area contributed by atoms with Crippen LogP contribution in [0.2, 0.25) is 5.22 Å². The van der Waals surface area contributed by atoms with Gasteiger partial charge in [0.15, 0.2) is 0 Å². The molecule has 0 atom stereocenters. The van der Waals surface area contributed by atoms with E-state index >= 15 is 0 Å². The van der Waals surface area contributed by atoms with Crippen molar-refractivity contribution in [1.29, 1.82) is 0 Å². The lowest BCUT2D eigenvalue weighted by atomic mass is 9.98. The molecule has 88 valence electrons. The Kier molecular flexibility index (Phi) is 3.21. The van der Waals surface area contributed by atoms with E-state index in [2.05, 4.69) is 5.32 Å². The van der Waals surface area contributed by atoms with Crippen LogP contribution in [-0.4, -0.2) is 23.2 Å². The molecule has 0 radical (unpaired) electrons. The largest absolute Gasteiger partial charge is 0.452 e. The van der Waals surface area contributed by atoms with E-state index in [9.17, 15) is 9.90 Å². The summed E-state index contributed by atoms with van der Waals surface area (Å²) in [5.41, 5.74) is -0.154. The van der Waals surface area contributed by atoms with Crippen LogP contribution in [0.4, 0.5) is 0 Å². The Morgan fingerprint density at radius 1 is 1.56 bits per heavy atom. The van der Waals surface area contributed by atoms with Crippen LogP contribution >= 0.6 is 11.6 Å². The molecule has 1 aromatic rings. The van der Waals surface area contributed by atoms with Crippen LogP contribution in [-0.2, 0) is 0 Å². The molecule has 1 aliphatic rings. The Balaban J connectivity index is 2.09. The quantitative estimate of drug-likeness (QED) is 0.853. The SMILES string of the molecule is O=C(NC1(CO)CCCC1)c1ccoc1Cl. The van der Waals surface area contributed by atoms with Gasteiger partial charge >= 0.3 is 0 Å². The number of rotatable bonds is 3. The molecule has 0 aliphatic heterocycles. The highest BCUT2D eigenvalue weighted by Crippen LogP contribution is 2.30. The van der Waals surface area contributed by atoms with Crippen LogP contribution in [0.25, 0.3) is 0 Å². The summed E-state index contributed by atoms with van der Waals surface area (Å²) in [6.45, 7) is -0.0335. The summed E-state index contributed by atoms with van der Waals surface area (Å²) >= 11 is 5.72. The van der Waals surface area contributed by atoms with Gasteiger partial charge in [-0.05, 0) is 30.5 Å². The maximum Gasteiger partial charge on any atom is 0.256 e. The van der Waals surface area contributed by atoms with Gasteiger partial charge in [-0.15, -0.1) is 0 Å². The van der Waals surface area contributed by atoms with Crippen LogP contribution in [0.3, 0.4) is 0 Å². The Hall–Kier alpha value is -1.00. The fraction of sp³-hybridized carbons (Fsp3) is 0.545. The van der Waals surface area contributed by atoms with Crippen molar-refractivity contribution < 1.29 is 14.3 Å². The number of nitrogens with one attached hydrogen (secondary N) is 1. The second-order valence-corrected chi connectivity index (χ2v) is 4.55. The van der Waals surface area contributed by atoms with Crippen molar-refractivity contribution in [2.45, 2.75) is 31.2 Å². The van der Waals surface area contributed by atoms with Gasteiger partial charge in [-0.1, -0.05) is 12.8 Å². The number of aliphatic hydroxyl groups excluding tert-OH is 1. The molecule has 0 unspecified atom stereocenters. The monoisotopic (exact) mass is 243 g/mol. The molecule has 1 aliphatic carbocycles. The third-order valence-electron chi connectivity index (χ3n) is 3.10. The molecule has 1 heterocycles. The number of hydrogen-bond acceptors (Lipinski definition) is 3. The summed E-state index contributed by atoms with van der Waals surface area (Å²) < 4.78 is 4.86. The van der Waals surface area contributed by atoms with Crippen LogP contribution in [0.15, 0.2) is 16.7 Å². The molecule has 2 rings (SSSR count). The summed E-state index contributed by atoms with van der Waals surface area (Å²) in [4.78, 5) is 11.9. The highest BCUT2D eigenvalue weighted by atomic mass is 35.5. The minimum atomic E-state index is -0.475. The van der Waals surface area contributed by atoms with E-state index in [1.807, 2.05) is 0 Å². The van der Waals surface area contributed by atoms with E-state index in [0.717, 1.165) is 25.7 Å². The number of halogens is 1. The van der Waals surface area contributed by atoms with Gasteiger partial charge in [0, 0.05) is 0 Å². The molecule has 16 heavy (non-hydrogen) atoms. The second-order valence-electron chi connectivity index (χ2n) is 4.21. The van der Waals surface area contributed by atoms with E-state index in [1.165, 1.54) is 12.3 Å². The molecular weight excluding hydrogens is 230 g/mol. The van der Waals surface area contributed by atoms with Gasteiger partial charge < -0.3 is 14.8 Å². The van der Waals surface area contributed by atoms with Crippen LogP contribution in [0.1, 0.15) is 36.0 Å². The van der Waals surface area contributed by atoms with Crippen molar-refractivity contribution in [2.75, 3.05) is 6.61 Å². The molecular formula is C11H14ClNO3. The lowest BCUT2D eigenvalue weighted by Crippen LogP contribution is -2.49. The van der Waals surface area contributed by atoms with Crippen molar-refractivity contribution in [3.05, 3.63) is 23.1 Å². The van der Waals surface area contributed by atoms with Gasteiger partial charge in [0.05, 0.1) is 24.0 Å². The fourth-order valence-electron chi connectivity index (χ4n) is 2.14. The molecule has 0 bridgehead atoms. The zero-order valence-electron chi connectivity index (χ0n) is 8.83. The van der Waals surface area contributed by atoms with E-state index < -0.39 is 5.54 Å². The summed E-state index contributed by atoms with van der Waals surface area (Å²) in [6, 6.07) is 1.53. The zero-order chi connectivity index (χ0) is 11.6. The van der Waals surface area contributed by atoms with Gasteiger partial charge in [0.2, 0.25) is 5.22 Å². The molecule has 0 saturated heterocycles. The number of carbonyl (C=O) groups excluding carboxylic acids is 1. The minimum absolute atomic E-state index is 0.0335. The molecule has 2 N–H and O–H groups in total. The summed E-state index contributed by atoms with van der Waals surface area (Å²) in [6.07, 6.45) is 5.05. The van der Waals surface area contributed by atoms with Crippen molar-refractivity contribution in [1.82, 2.24) is 5.32 Å². The van der Waals surface area contributed by atoms with Gasteiger partial charge in [0.25, 0.3) is 5.91 Å². The molecule has 1 saturated carbocycles. The van der Waals surface area contributed by atoms with E-state index in [1.54, 1.807) is 0 Å². The zero-order valence-corrected chi connectivity index (χ0v) is 9.59. The van der Waals surface area contributed by atoms with Crippen LogP contribution in [0, 0.1) is 0 Å². The van der Waals surface area contributed by atoms with Crippen LogP contribution in [0.5, 0.6) is 0 Å². The normalized spacial score (nSPS) is 18.6. The van der Waals surface area contributed by atoms with Gasteiger partial charge in [-0.2, -0.15) is 0 Å². The number of amides is 1. The number of furan rings is 1. The Morgan fingerprint density at radius 2 is 2.25 bits per heavy atom. The maximum absolute atomic E-state index is 11.9. The van der Waals surface area contributed by atoms with Crippen LogP contribution < -0.4 is 5.32 Å². The van der Waals surface area contributed by atoms with Gasteiger partial charge in [-0.3, -0.25) is 4.79 Å². The first-order chi connectivity index (χ1) is 7.67. The Labute approximate surface area is 98.6 Å². The topological polar surface area (TPSA) is 62.5 Å². The molecule has 1 amide bonds. The first-order valence-corrected chi connectivity index (χ1v) is 5.71. The average molecular weight is 244 g/mol. The smallest absolute Gasteiger partial charge is 0.256 e. The molecule has 0 aromatic carbocycles. The van der Waals surface area contributed by atoms with Crippen molar-refractivity contribution >= 4 is 17.5 Å². The summed E-state index contributed by atoms with van der Waals surface area (Å²) in [5, 5.41) is 12.3. The highest BCUT2D eigenvalue weighted by molar-refractivity contribution is 6.32.